The lowest BCUT2D eigenvalue weighted by molar-refractivity contribution is 0.621. The van der Waals surface area contributed by atoms with Crippen molar-refractivity contribution in [3.05, 3.63) is 29.8 Å². The molecule has 0 aromatic carbocycles. The Labute approximate surface area is 80.4 Å². The van der Waals surface area contributed by atoms with Gasteiger partial charge in [-0.2, -0.15) is 0 Å². The van der Waals surface area contributed by atoms with Crippen LogP contribution in [0.1, 0.15) is 5.69 Å². The summed E-state index contributed by atoms with van der Waals surface area (Å²) in [6.07, 6.45) is 1.15. The van der Waals surface area contributed by atoms with Crippen LogP contribution in [0.15, 0.2) is 18.3 Å². The minimum absolute atomic E-state index is 0.335. The molecule has 0 fully saturated rings. The zero-order valence-electron chi connectivity index (χ0n) is 5.34. The maximum absolute atomic E-state index is 12.3. The van der Waals surface area contributed by atoms with Gasteiger partial charge < -0.3 is 0 Å². The van der Waals surface area contributed by atoms with Crippen LogP contribution >= 0.6 is 30.1 Å². The Bertz CT molecular complexity index is 288. The summed E-state index contributed by atoms with van der Waals surface area (Å²) in [4.78, 5) is 3.75. The van der Waals surface area contributed by atoms with E-state index in [0.717, 1.165) is 6.20 Å². The van der Waals surface area contributed by atoms with Gasteiger partial charge in [0.25, 0.3) is 0 Å². The maximum atomic E-state index is 12.3. The summed E-state index contributed by atoms with van der Waals surface area (Å²) >= 11 is 2.06. The number of hydrogen-bond acceptors (Lipinski definition) is 2. The first-order valence-electron chi connectivity index (χ1n) is 2.73. The first-order valence-corrected chi connectivity index (χ1v) is 6.09. The van der Waals surface area contributed by atoms with Crippen molar-refractivity contribution in [3.63, 3.8) is 0 Å². The van der Waals surface area contributed by atoms with Crippen LogP contribution in [0, 0.1) is 17.0 Å². The summed E-state index contributed by atoms with van der Waals surface area (Å²) in [5, 5.41) is 2.75. The summed E-state index contributed by atoms with van der Waals surface area (Å²) in [5.74, 6) is 2.41. The molecule has 0 aliphatic carbocycles. The summed E-state index contributed by atoms with van der Waals surface area (Å²) in [6.45, 7) is 0. The van der Waals surface area contributed by atoms with Crippen LogP contribution in [0.3, 0.4) is 0 Å². The Morgan fingerprint density at radius 2 is 2.36 bits per heavy atom. The standard InChI is InChI=1S/C7H3FINS/c8-6-1-2-7(10-5-6)3-4-11-9/h1-2,5H. The predicted octanol–water partition coefficient (Wildman–Crippen LogP) is 2.61. The van der Waals surface area contributed by atoms with Crippen molar-refractivity contribution in [1.29, 1.82) is 0 Å². The normalized spacial score (nSPS) is 8.55. The van der Waals surface area contributed by atoms with E-state index in [0.29, 0.717) is 5.69 Å². The lowest BCUT2D eigenvalue weighted by Crippen LogP contribution is -1.81. The fourth-order valence-corrected chi connectivity index (χ4v) is 0.995. The van der Waals surface area contributed by atoms with Crippen LogP contribution in [0.2, 0.25) is 0 Å². The maximum Gasteiger partial charge on any atom is 0.141 e. The molecule has 0 saturated heterocycles. The number of nitrogens with zero attached hydrogens (tertiary/aromatic N) is 1. The zero-order valence-corrected chi connectivity index (χ0v) is 8.32. The van der Waals surface area contributed by atoms with Crippen LogP contribution in [0.25, 0.3) is 0 Å². The van der Waals surface area contributed by atoms with E-state index in [1.807, 2.05) is 0 Å². The largest absolute Gasteiger partial charge is 0.245 e. The molecule has 0 amide bonds. The minimum atomic E-state index is -0.335. The molecule has 0 radical (unpaired) electrons. The Morgan fingerprint density at radius 1 is 1.55 bits per heavy atom. The fourth-order valence-electron chi connectivity index (χ4n) is 0.521. The molecule has 0 saturated carbocycles. The van der Waals surface area contributed by atoms with Crippen LogP contribution in [0.4, 0.5) is 4.39 Å². The lowest BCUT2D eigenvalue weighted by Gasteiger charge is -1.86. The zero-order chi connectivity index (χ0) is 8.10. The number of aromatic nitrogens is 1. The molecule has 0 atom stereocenters. The molecule has 1 aromatic rings. The number of hydrogen-bond donors (Lipinski definition) is 0. The molecule has 0 unspecified atom stereocenters. The second-order valence-electron chi connectivity index (χ2n) is 1.67. The quantitative estimate of drug-likeness (QED) is 0.535. The van der Waals surface area contributed by atoms with Gasteiger partial charge in [-0.3, -0.25) is 0 Å². The van der Waals surface area contributed by atoms with Crippen molar-refractivity contribution in [2.24, 2.45) is 0 Å². The van der Waals surface area contributed by atoms with Gasteiger partial charge in [-0.15, -0.1) is 0 Å². The van der Waals surface area contributed by atoms with Gasteiger partial charge in [-0.1, -0.05) is 0 Å². The Balaban J connectivity index is 2.82. The van der Waals surface area contributed by atoms with Crippen LogP contribution < -0.4 is 0 Å². The molecule has 1 rings (SSSR count). The van der Waals surface area contributed by atoms with Crippen molar-refractivity contribution in [1.82, 2.24) is 4.98 Å². The predicted molar refractivity (Wildman–Crippen MR) is 52.7 cm³/mol. The highest BCUT2D eigenvalue weighted by Crippen LogP contribution is 2.07. The van der Waals surface area contributed by atoms with Gasteiger partial charge in [0.15, 0.2) is 0 Å². The van der Waals surface area contributed by atoms with Gasteiger partial charge in [0.2, 0.25) is 0 Å². The summed E-state index contributed by atoms with van der Waals surface area (Å²) < 4.78 is 12.3. The molecule has 1 aromatic heterocycles. The van der Waals surface area contributed by atoms with E-state index >= 15 is 0 Å². The molecule has 1 nitrogen and oxygen atoms in total. The second-order valence-corrected chi connectivity index (χ2v) is 3.35. The third kappa shape index (κ3) is 3.08. The lowest BCUT2D eigenvalue weighted by atomic mass is 10.4. The molecule has 0 spiro atoms. The van der Waals surface area contributed by atoms with Gasteiger partial charge in [-0.25, -0.2) is 9.37 Å². The molecule has 56 valence electrons. The highest BCUT2D eigenvalue weighted by Gasteiger charge is 1.88. The Hall–Kier alpha value is -0.280. The smallest absolute Gasteiger partial charge is 0.141 e. The number of pyridine rings is 1. The SMILES string of the molecule is Fc1ccc(C#CSI)nc1. The molecule has 0 bridgehead atoms. The van der Waals surface area contributed by atoms with E-state index in [1.165, 1.54) is 15.0 Å². The number of rotatable bonds is 0. The molecular formula is C7H3FINS. The highest BCUT2D eigenvalue weighted by atomic mass is 127. The van der Waals surface area contributed by atoms with E-state index in [4.69, 9.17) is 0 Å². The summed E-state index contributed by atoms with van der Waals surface area (Å²) in [7, 11) is 1.38. The van der Waals surface area contributed by atoms with E-state index in [9.17, 15) is 4.39 Å². The van der Waals surface area contributed by atoms with Crippen LogP contribution in [-0.4, -0.2) is 4.98 Å². The van der Waals surface area contributed by atoms with Crippen molar-refractivity contribution >= 4 is 30.1 Å². The monoisotopic (exact) mass is 279 g/mol. The van der Waals surface area contributed by atoms with E-state index in [2.05, 4.69) is 37.4 Å². The molecule has 4 heteroatoms. The Kier molecular flexibility index (Phi) is 3.66. The first kappa shape index (κ1) is 8.81. The van der Waals surface area contributed by atoms with Crippen molar-refractivity contribution < 1.29 is 4.39 Å². The molecule has 0 aliphatic rings. The molecule has 1 heterocycles. The third-order valence-corrected chi connectivity index (χ3v) is 1.78. The highest BCUT2D eigenvalue weighted by molar-refractivity contribution is 14.2. The van der Waals surface area contributed by atoms with Gasteiger partial charge in [-0.05, 0) is 32.2 Å². The Morgan fingerprint density at radius 3 is 2.91 bits per heavy atom. The van der Waals surface area contributed by atoms with Gasteiger partial charge in [0.1, 0.15) is 11.5 Å². The van der Waals surface area contributed by atoms with Gasteiger partial charge >= 0.3 is 0 Å². The average Bonchev–Trinajstić information content (AvgIpc) is 2.04. The molecule has 0 aliphatic heterocycles. The third-order valence-electron chi connectivity index (χ3n) is 0.945. The summed E-state index contributed by atoms with van der Waals surface area (Å²) in [5.41, 5.74) is 0.593. The van der Waals surface area contributed by atoms with E-state index in [1.54, 1.807) is 6.07 Å². The van der Waals surface area contributed by atoms with Gasteiger partial charge in [0, 0.05) is 21.2 Å². The molecule has 0 N–H and O–H groups in total. The summed E-state index contributed by atoms with van der Waals surface area (Å²) in [6, 6.07) is 2.89. The van der Waals surface area contributed by atoms with Crippen molar-refractivity contribution in [2.45, 2.75) is 0 Å². The molecule has 11 heavy (non-hydrogen) atoms. The first-order chi connectivity index (χ1) is 5.33. The fraction of sp³-hybridized carbons (Fsp3) is 0. The van der Waals surface area contributed by atoms with Crippen LogP contribution in [0.5, 0.6) is 0 Å². The average molecular weight is 279 g/mol. The molecular weight excluding hydrogens is 276 g/mol. The van der Waals surface area contributed by atoms with E-state index in [-0.39, 0.29) is 5.82 Å². The van der Waals surface area contributed by atoms with Gasteiger partial charge in [0.05, 0.1) is 6.20 Å². The minimum Gasteiger partial charge on any atom is -0.245 e. The van der Waals surface area contributed by atoms with Crippen molar-refractivity contribution in [3.8, 4) is 11.2 Å². The topological polar surface area (TPSA) is 12.9 Å². The second kappa shape index (κ2) is 4.57. The van der Waals surface area contributed by atoms with Crippen LogP contribution in [-0.2, 0) is 0 Å². The van der Waals surface area contributed by atoms with Crippen molar-refractivity contribution in [2.75, 3.05) is 0 Å². The van der Waals surface area contributed by atoms with E-state index < -0.39 is 0 Å². The number of halogens is 2.